The molecule has 3 aromatic rings. The van der Waals surface area contributed by atoms with Crippen LogP contribution in [-0.4, -0.2) is 15.0 Å². The van der Waals surface area contributed by atoms with E-state index in [-0.39, 0.29) is 24.6 Å². The maximum Gasteiger partial charge on any atom is 0.331 e. The summed E-state index contributed by atoms with van der Waals surface area (Å²) >= 11 is 1.28. The molecule has 3 rings (SSSR count). The largest absolute Gasteiger partial charge is 0.331 e. The molecule has 0 spiro atoms. The van der Waals surface area contributed by atoms with Gasteiger partial charge in [-0.15, -0.1) is 11.3 Å². The molecule has 0 radical (unpaired) electrons. The standard InChI is InChI=1S/C19H21N3O3S/c1-4-21-18(24)17-15(9-10-26-17)22(19(21)25)11-16(23)20-14-7-5-13(6-8-14)12(2)3/h5-10,12H,4,11H2,1-3H3,(H,20,23). The highest BCUT2D eigenvalue weighted by Gasteiger charge is 2.15. The lowest BCUT2D eigenvalue weighted by atomic mass is 10.0. The summed E-state index contributed by atoms with van der Waals surface area (Å²) in [7, 11) is 0. The molecule has 26 heavy (non-hydrogen) atoms. The number of nitrogens with one attached hydrogen (secondary N) is 1. The number of hydrogen-bond acceptors (Lipinski definition) is 4. The van der Waals surface area contributed by atoms with E-state index in [9.17, 15) is 14.4 Å². The van der Waals surface area contributed by atoms with Crippen LogP contribution in [0.25, 0.3) is 10.2 Å². The first-order chi connectivity index (χ1) is 12.4. The van der Waals surface area contributed by atoms with E-state index in [1.165, 1.54) is 21.5 Å². The van der Waals surface area contributed by atoms with Crippen molar-refractivity contribution < 1.29 is 4.79 Å². The van der Waals surface area contributed by atoms with Crippen LogP contribution in [0.4, 0.5) is 5.69 Å². The zero-order valence-electron chi connectivity index (χ0n) is 15.0. The van der Waals surface area contributed by atoms with Crippen molar-refractivity contribution in [3.63, 3.8) is 0 Å². The number of benzene rings is 1. The number of amides is 1. The second-order valence-corrected chi connectivity index (χ2v) is 7.29. The Hall–Kier alpha value is -2.67. The molecule has 2 heterocycles. The number of fused-ring (bicyclic) bond motifs is 1. The highest BCUT2D eigenvalue weighted by Crippen LogP contribution is 2.18. The van der Waals surface area contributed by atoms with Crippen molar-refractivity contribution in [3.8, 4) is 0 Å². The van der Waals surface area contributed by atoms with Gasteiger partial charge in [0, 0.05) is 12.2 Å². The van der Waals surface area contributed by atoms with Crippen molar-refractivity contribution in [2.45, 2.75) is 39.8 Å². The first-order valence-corrected chi connectivity index (χ1v) is 9.41. The summed E-state index contributed by atoms with van der Waals surface area (Å²) in [6, 6.07) is 9.35. The summed E-state index contributed by atoms with van der Waals surface area (Å²) in [6.07, 6.45) is 0. The Kier molecular flexibility index (Phi) is 5.08. The average Bonchev–Trinajstić information content (AvgIpc) is 3.09. The molecule has 0 saturated heterocycles. The van der Waals surface area contributed by atoms with Gasteiger partial charge in [-0.3, -0.25) is 18.7 Å². The van der Waals surface area contributed by atoms with Crippen LogP contribution in [0.2, 0.25) is 0 Å². The zero-order chi connectivity index (χ0) is 18.8. The van der Waals surface area contributed by atoms with E-state index in [1.807, 2.05) is 24.3 Å². The second kappa shape index (κ2) is 7.29. The predicted octanol–water partition coefficient (Wildman–Crippen LogP) is 3.01. The third-order valence-corrected chi connectivity index (χ3v) is 5.21. The van der Waals surface area contributed by atoms with Crippen LogP contribution >= 0.6 is 11.3 Å². The Morgan fingerprint density at radius 3 is 2.42 bits per heavy atom. The van der Waals surface area contributed by atoms with Gasteiger partial charge in [0.25, 0.3) is 5.56 Å². The lowest BCUT2D eigenvalue weighted by molar-refractivity contribution is -0.116. The highest BCUT2D eigenvalue weighted by molar-refractivity contribution is 7.17. The van der Waals surface area contributed by atoms with Gasteiger partial charge in [0.05, 0.1) is 5.52 Å². The molecule has 136 valence electrons. The topological polar surface area (TPSA) is 73.1 Å². The molecule has 2 aromatic heterocycles. The number of rotatable bonds is 5. The van der Waals surface area contributed by atoms with E-state index >= 15 is 0 Å². The van der Waals surface area contributed by atoms with Gasteiger partial charge in [0.2, 0.25) is 5.91 Å². The van der Waals surface area contributed by atoms with E-state index in [1.54, 1.807) is 18.4 Å². The lowest BCUT2D eigenvalue weighted by Crippen LogP contribution is -2.40. The monoisotopic (exact) mass is 371 g/mol. The molecule has 0 aliphatic carbocycles. The Bertz CT molecular complexity index is 1060. The number of carbonyl (C=O) groups excluding carboxylic acids is 1. The van der Waals surface area contributed by atoms with Gasteiger partial charge in [-0.1, -0.05) is 26.0 Å². The van der Waals surface area contributed by atoms with Crippen molar-refractivity contribution in [2.75, 3.05) is 5.32 Å². The van der Waals surface area contributed by atoms with Crippen LogP contribution in [0, 0.1) is 0 Å². The first kappa shape index (κ1) is 18.1. The average molecular weight is 371 g/mol. The number of aromatic nitrogens is 2. The third kappa shape index (κ3) is 3.35. The fourth-order valence-electron chi connectivity index (χ4n) is 2.86. The van der Waals surface area contributed by atoms with Gasteiger partial charge >= 0.3 is 5.69 Å². The van der Waals surface area contributed by atoms with Crippen molar-refractivity contribution in [2.24, 2.45) is 0 Å². The molecule has 0 fully saturated rings. The smallest absolute Gasteiger partial charge is 0.325 e. The number of nitrogens with zero attached hydrogens (tertiary/aromatic N) is 2. The van der Waals surface area contributed by atoms with Gasteiger partial charge in [0.1, 0.15) is 11.2 Å². The minimum atomic E-state index is -0.464. The van der Waals surface area contributed by atoms with Crippen molar-refractivity contribution >= 4 is 33.1 Å². The summed E-state index contributed by atoms with van der Waals surface area (Å²) in [6.45, 7) is 6.08. The van der Waals surface area contributed by atoms with Crippen molar-refractivity contribution in [1.82, 2.24) is 9.13 Å². The third-order valence-electron chi connectivity index (χ3n) is 4.32. The van der Waals surface area contributed by atoms with E-state index in [4.69, 9.17) is 0 Å². The predicted molar refractivity (Wildman–Crippen MR) is 105 cm³/mol. The Balaban J connectivity index is 1.89. The Labute approximate surface area is 154 Å². The molecule has 1 amide bonds. The molecule has 0 unspecified atom stereocenters. The summed E-state index contributed by atoms with van der Waals surface area (Å²) in [4.78, 5) is 37.4. The van der Waals surface area contributed by atoms with Gasteiger partial charge in [0.15, 0.2) is 0 Å². The van der Waals surface area contributed by atoms with Crippen LogP contribution in [0.1, 0.15) is 32.3 Å². The maximum absolute atomic E-state index is 12.6. The van der Waals surface area contributed by atoms with Crippen molar-refractivity contribution in [1.29, 1.82) is 0 Å². The molecule has 0 saturated carbocycles. The normalized spacial score (nSPS) is 11.2. The number of carbonyl (C=O) groups is 1. The van der Waals surface area contributed by atoms with E-state index in [2.05, 4.69) is 19.2 Å². The van der Waals surface area contributed by atoms with Gasteiger partial charge < -0.3 is 5.32 Å². The van der Waals surface area contributed by atoms with Crippen molar-refractivity contribution in [3.05, 3.63) is 62.1 Å². The molecule has 7 heteroatoms. The van der Waals surface area contributed by atoms with Crippen LogP contribution < -0.4 is 16.6 Å². The van der Waals surface area contributed by atoms with E-state index in [0.29, 0.717) is 21.8 Å². The minimum absolute atomic E-state index is 0.141. The summed E-state index contributed by atoms with van der Waals surface area (Å²) < 4.78 is 3.00. The summed E-state index contributed by atoms with van der Waals surface area (Å²) in [5, 5.41) is 4.56. The SMILES string of the molecule is CCn1c(=O)c2sccc2n(CC(=O)Nc2ccc(C(C)C)cc2)c1=O. The Morgan fingerprint density at radius 1 is 1.12 bits per heavy atom. The van der Waals surface area contributed by atoms with Crippen LogP contribution in [0.3, 0.4) is 0 Å². The minimum Gasteiger partial charge on any atom is -0.325 e. The molecule has 6 nitrogen and oxygen atoms in total. The number of anilines is 1. The summed E-state index contributed by atoms with van der Waals surface area (Å²) in [5.41, 5.74) is 1.60. The van der Waals surface area contributed by atoms with E-state index < -0.39 is 5.69 Å². The highest BCUT2D eigenvalue weighted by atomic mass is 32.1. The lowest BCUT2D eigenvalue weighted by Gasteiger charge is -2.12. The van der Waals surface area contributed by atoms with Gasteiger partial charge in [-0.05, 0) is 42.0 Å². The number of thiophene rings is 1. The Morgan fingerprint density at radius 2 is 1.81 bits per heavy atom. The summed E-state index contributed by atoms with van der Waals surface area (Å²) in [5.74, 6) is 0.110. The molecule has 0 bridgehead atoms. The molecule has 1 N–H and O–H groups in total. The van der Waals surface area contributed by atoms with E-state index in [0.717, 1.165) is 4.57 Å². The molecule has 0 atom stereocenters. The van der Waals surface area contributed by atoms with Crippen LogP contribution in [-0.2, 0) is 17.9 Å². The molecular formula is C19H21N3O3S. The first-order valence-electron chi connectivity index (χ1n) is 8.53. The molecule has 0 aliphatic rings. The molecule has 0 aliphatic heterocycles. The van der Waals surface area contributed by atoms with Crippen LogP contribution in [0.15, 0.2) is 45.3 Å². The molecular weight excluding hydrogens is 350 g/mol. The second-order valence-electron chi connectivity index (χ2n) is 6.38. The molecule has 1 aromatic carbocycles. The quantitative estimate of drug-likeness (QED) is 0.749. The number of hydrogen-bond donors (Lipinski definition) is 1. The zero-order valence-corrected chi connectivity index (χ0v) is 15.8. The van der Waals surface area contributed by atoms with Gasteiger partial charge in [-0.25, -0.2) is 4.79 Å². The maximum atomic E-state index is 12.6. The van der Waals surface area contributed by atoms with Gasteiger partial charge in [-0.2, -0.15) is 0 Å². The fraction of sp³-hybridized carbons (Fsp3) is 0.316. The van der Waals surface area contributed by atoms with Crippen LogP contribution in [0.5, 0.6) is 0 Å². The fourth-order valence-corrected chi connectivity index (χ4v) is 3.70.